The van der Waals surface area contributed by atoms with Gasteiger partial charge in [-0.2, -0.15) is 5.43 Å². The van der Waals surface area contributed by atoms with Crippen LogP contribution in [0.2, 0.25) is 0 Å². The molecule has 1 atom stereocenters. The molecular weight excluding hydrogens is 154 g/mol. The van der Waals surface area contributed by atoms with Crippen LogP contribution in [0.4, 0.5) is 4.79 Å². The van der Waals surface area contributed by atoms with Crippen LogP contribution in [0.15, 0.2) is 5.29 Å². The zero-order valence-electron chi connectivity index (χ0n) is 5.70. The van der Waals surface area contributed by atoms with Crippen LogP contribution in [0.25, 0.3) is 0 Å². The number of carboxylic acid groups (broad SMARTS) is 1. The van der Waals surface area contributed by atoms with Crippen LogP contribution in [0.1, 0.15) is 6.92 Å². The average molecular weight is 161 g/mol. The molecular formula is C4H7N3O4. The van der Waals surface area contributed by atoms with Gasteiger partial charge in [0.15, 0.2) is 0 Å². The van der Waals surface area contributed by atoms with Crippen LogP contribution in [0.5, 0.6) is 0 Å². The Bertz CT molecular complexity index is 180. The standard InChI is InChI=1S/C4H7N3O4/c1-2(3(8)9)5-4(10)6-7-11/h2H,1H3,(H,8,9)(H2,5,6,10,11). The molecule has 0 fully saturated rings. The quantitative estimate of drug-likeness (QED) is 0.380. The molecule has 0 aliphatic carbocycles. The number of hydrogen-bond acceptors (Lipinski definition) is 4. The van der Waals surface area contributed by atoms with Crippen LogP contribution in [0, 0.1) is 4.91 Å². The molecule has 0 spiro atoms. The van der Waals surface area contributed by atoms with Gasteiger partial charge in [0.2, 0.25) is 0 Å². The number of aliphatic carboxylic acids is 1. The van der Waals surface area contributed by atoms with Crippen molar-refractivity contribution in [1.82, 2.24) is 10.7 Å². The Balaban J connectivity index is 3.74. The minimum absolute atomic E-state index is 0.935. The number of rotatable bonds is 3. The van der Waals surface area contributed by atoms with E-state index in [-0.39, 0.29) is 0 Å². The van der Waals surface area contributed by atoms with E-state index in [1.807, 2.05) is 10.6 Å². The number of nitrogens with one attached hydrogen (secondary N) is 2. The van der Waals surface area contributed by atoms with Crippen molar-refractivity contribution in [3.63, 3.8) is 0 Å². The van der Waals surface area contributed by atoms with Crippen molar-refractivity contribution in [3.8, 4) is 0 Å². The maximum absolute atomic E-state index is 10.4. The summed E-state index contributed by atoms with van der Waals surface area (Å²) in [4.78, 5) is 29.9. The number of carbonyl (C=O) groups is 2. The van der Waals surface area contributed by atoms with Crippen LogP contribution in [0.3, 0.4) is 0 Å². The largest absolute Gasteiger partial charge is 0.480 e. The summed E-state index contributed by atoms with van der Waals surface area (Å²) in [6, 6.07) is -1.98. The molecule has 0 bridgehead atoms. The van der Waals surface area contributed by atoms with Crippen molar-refractivity contribution in [2.75, 3.05) is 0 Å². The lowest BCUT2D eigenvalue weighted by atomic mass is 10.3. The van der Waals surface area contributed by atoms with Gasteiger partial charge in [-0.1, -0.05) is 0 Å². The minimum Gasteiger partial charge on any atom is -0.480 e. The number of nitrogens with zero attached hydrogens (tertiary/aromatic N) is 1. The molecule has 62 valence electrons. The average Bonchev–Trinajstić information content (AvgIpc) is 1.87. The van der Waals surface area contributed by atoms with Gasteiger partial charge in [0, 0.05) is 0 Å². The predicted octanol–water partition coefficient (Wildman–Crippen LogP) is -0.560. The molecule has 0 radical (unpaired) electrons. The minimum atomic E-state index is -1.19. The summed E-state index contributed by atoms with van der Waals surface area (Å²) >= 11 is 0. The second kappa shape index (κ2) is 4.20. The molecule has 11 heavy (non-hydrogen) atoms. The Hall–Kier alpha value is -1.66. The first kappa shape index (κ1) is 9.34. The maximum Gasteiger partial charge on any atom is 0.338 e. The van der Waals surface area contributed by atoms with E-state index in [2.05, 4.69) is 0 Å². The predicted molar refractivity (Wildman–Crippen MR) is 34.6 cm³/mol. The molecule has 0 saturated carbocycles. The van der Waals surface area contributed by atoms with Gasteiger partial charge in [-0.15, -0.1) is 4.91 Å². The Kier molecular flexibility index (Phi) is 3.57. The first-order valence-electron chi connectivity index (χ1n) is 2.69. The molecule has 7 nitrogen and oxygen atoms in total. The van der Waals surface area contributed by atoms with E-state index < -0.39 is 18.0 Å². The lowest BCUT2D eigenvalue weighted by Crippen LogP contribution is -2.42. The molecule has 0 aromatic carbocycles. The van der Waals surface area contributed by atoms with Crippen molar-refractivity contribution < 1.29 is 14.7 Å². The third kappa shape index (κ3) is 3.84. The zero-order valence-corrected chi connectivity index (χ0v) is 5.70. The monoisotopic (exact) mass is 161 g/mol. The highest BCUT2D eigenvalue weighted by atomic mass is 16.4. The summed E-state index contributed by atoms with van der Waals surface area (Å²) in [5, 5.41) is 12.2. The third-order valence-electron chi connectivity index (χ3n) is 0.865. The van der Waals surface area contributed by atoms with E-state index in [4.69, 9.17) is 5.11 Å². The Morgan fingerprint density at radius 3 is 2.45 bits per heavy atom. The van der Waals surface area contributed by atoms with Gasteiger partial charge in [0.05, 0.1) is 5.29 Å². The normalized spacial score (nSPS) is 11.4. The molecule has 0 heterocycles. The topological polar surface area (TPSA) is 108 Å². The van der Waals surface area contributed by atoms with Gasteiger partial charge in [0.25, 0.3) is 0 Å². The summed E-state index contributed by atoms with van der Waals surface area (Å²) in [6.07, 6.45) is 0. The number of carboxylic acids is 1. The highest BCUT2D eigenvalue weighted by Crippen LogP contribution is 1.79. The highest BCUT2D eigenvalue weighted by Gasteiger charge is 2.12. The van der Waals surface area contributed by atoms with Crippen molar-refractivity contribution in [2.24, 2.45) is 5.29 Å². The van der Waals surface area contributed by atoms with Gasteiger partial charge < -0.3 is 10.4 Å². The number of carbonyl (C=O) groups excluding carboxylic acids is 1. The second-order valence-electron chi connectivity index (χ2n) is 1.74. The maximum atomic E-state index is 10.4. The molecule has 0 saturated heterocycles. The van der Waals surface area contributed by atoms with Crippen LogP contribution in [-0.4, -0.2) is 23.1 Å². The molecule has 0 rings (SSSR count). The molecule has 1 unspecified atom stereocenters. The fourth-order valence-electron chi connectivity index (χ4n) is 0.332. The van der Waals surface area contributed by atoms with Crippen molar-refractivity contribution in [2.45, 2.75) is 13.0 Å². The van der Waals surface area contributed by atoms with Crippen LogP contribution in [-0.2, 0) is 4.79 Å². The molecule has 0 aromatic rings. The van der Waals surface area contributed by atoms with Gasteiger partial charge in [-0.3, -0.25) is 4.79 Å². The van der Waals surface area contributed by atoms with Gasteiger partial charge >= 0.3 is 12.0 Å². The first-order chi connectivity index (χ1) is 5.07. The molecule has 0 aliphatic rings. The summed E-state index contributed by atoms with van der Waals surface area (Å²) in [5.41, 5.74) is 1.49. The van der Waals surface area contributed by atoms with E-state index in [9.17, 15) is 14.5 Å². The Morgan fingerprint density at radius 1 is 1.55 bits per heavy atom. The number of amides is 2. The Morgan fingerprint density at radius 2 is 2.09 bits per heavy atom. The molecule has 2 amide bonds. The number of nitroso groups, excluding NO2 is 1. The summed E-state index contributed by atoms with van der Waals surface area (Å²) in [7, 11) is 0. The fourth-order valence-corrected chi connectivity index (χ4v) is 0.332. The van der Waals surface area contributed by atoms with Crippen molar-refractivity contribution >= 4 is 12.0 Å². The smallest absolute Gasteiger partial charge is 0.338 e. The fraction of sp³-hybridized carbons (Fsp3) is 0.500. The first-order valence-corrected chi connectivity index (χ1v) is 2.69. The molecule has 7 heteroatoms. The lowest BCUT2D eigenvalue weighted by molar-refractivity contribution is -0.138. The highest BCUT2D eigenvalue weighted by molar-refractivity contribution is 5.81. The Labute approximate surface area is 61.7 Å². The van der Waals surface area contributed by atoms with Gasteiger partial charge in [0.1, 0.15) is 6.04 Å². The third-order valence-corrected chi connectivity index (χ3v) is 0.865. The van der Waals surface area contributed by atoms with E-state index in [1.165, 1.54) is 12.3 Å². The molecule has 0 aliphatic heterocycles. The number of urea groups is 1. The summed E-state index contributed by atoms with van der Waals surface area (Å²) in [5.74, 6) is -1.19. The summed E-state index contributed by atoms with van der Waals surface area (Å²) < 4.78 is 0. The molecule has 3 N–H and O–H groups in total. The van der Waals surface area contributed by atoms with Crippen LogP contribution < -0.4 is 10.7 Å². The SMILES string of the molecule is CC(NC(=O)NN=O)C(=O)O. The van der Waals surface area contributed by atoms with Crippen molar-refractivity contribution in [1.29, 1.82) is 0 Å². The number of hydrogen-bond donors (Lipinski definition) is 3. The van der Waals surface area contributed by atoms with E-state index in [0.29, 0.717) is 0 Å². The lowest BCUT2D eigenvalue weighted by Gasteiger charge is -2.05. The second-order valence-corrected chi connectivity index (χ2v) is 1.74. The van der Waals surface area contributed by atoms with E-state index in [0.717, 1.165) is 0 Å². The molecule has 0 aromatic heterocycles. The van der Waals surface area contributed by atoms with Crippen LogP contribution >= 0.6 is 0 Å². The van der Waals surface area contributed by atoms with Gasteiger partial charge in [-0.05, 0) is 6.92 Å². The summed E-state index contributed by atoms with van der Waals surface area (Å²) in [6.45, 7) is 1.26. The van der Waals surface area contributed by atoms with E-state index in [1.54, 1.807) is 0 Å². The van der Waals surface area contributed by atoms with Crippen molar-refractivity contribution in [3.05, 3.63) is 4.91 Å². The van der Waals surface area contributed by atoms with E-state index >= 15 is 0 Å². The van der Waals surface area contributed by atoms with Gasteiger partial charge in [-0.25, -0.2) is 4.79 Å². The zero-order chi connectivity index (χ0) is 8.85.